The zero-order valence-electron chi connectivity index (χ0n) is 18.6. The number of benzene rings is 1. The second kappa shape index (κ2) is 10.6. The van der Waals surface area contributed by atoms with Gasteiger partial charge in [-0.05, 0) is 72.1 Å². The van der Waals surface area contributed by atoms with Gasteiger partial charge in [-0.3, -0.25) is 4.79 Å². The lowest BCUT2D eigenvalue weighted by Gasteiger charge is -2.37. The number of ether oxygens (including phenoxy) is 1. The SMILES string of the molecule is CC(C)N(CC1CCCN(CCC(=O)Nc2ccccc2)C1)C(=O)OC(C)(C)C. The average molecular weight is 404 g/mol. The number of hydrogen-bond donors (Lipinski definition) is 1. The van der Waals surface area contributed by atoms with Gasteiger partial charge in [-0.2, -0.15) is 0 Å². The molecule has 1 atom stereocenters. The van der Waals surface area contributed by atoms with Crippen LogP contribution < -0.4 is 5.32 Å². The van der Waals surface area contributed by atoms with Crippen molar-refractivity contribution in [2.75, 3.05) is 31.5 Å². The number of piperidine rings is 1. The topological polar surface area (TPSA) is 61.9 Å². The molecule has 1 aromatic rings. The minimum Gasteiger partial charge on any atom is -0.444 e. The molecular formula is C23H37N3O3. The zero-order valence-corrected chi connectivity index (χ0v) is 18.6. The molecule has 0 aliphatic carbocycles. The van der Waals surface area contributed by atoms with E-state index in [1.165, 1.54) is 0 Å². The standard InChI is InChI=1S/C23H37N3O3/c1-18(2)26(22(28)29-23(3,4)5)17-19-10-9-14-25(16-19)15-13-21(27)24-20-11-7-6-8-12-20/h6-8,11-12,18-19H,9-10,13-17H2,1-5H3,(H,24,27). The molecule has 1 N–H and O–H groups in total. The van der Waals surface area contributed by atoms with Crippen LogP contribution in [-0.2, 0) is 9.53 Å². The molecule has 0 bridgehead atoms. The van der Waals surface area contributed by atoms with E-state index in [4.69, 9.17) is 4.74 Å². The predicted octanol–water partition coefficient (Wildman–Crippen LogP) is 4.37. The van der Waals surface area contributed by atoms with Gasteiger partial charge in [0.05, 0.1) is 0 Å². The van der Waals surface area contributed by atoms with Crippen molar-refractivity contribution in [2.24, 2.45) is 5.92 Å². The summed E-state index contributed by atoms with van der Waals surface area (Å²) in [5, 5.41) is 2.94. The maximum Gasteiger partial charge on any atom is 0.410 e. The molecule has 0 radical (unpaired) electrons. The van der Waals surface area contributed by atoms with Gasteiger partial charge in [0, 0.05) is 37.8 Å². The number of amides is 2. The van der Waals surface area contributed by atoms with E-state index >= 15 is 0 Å². The van der Waals surface area contributed by atoms with Gasteiger partial charge in [-0.15, -0.1) is 0 Å². The van der Waals surface area contributed by atoms with Crippen LogP contribution in [0.3, 0.4) is 0 Å². The molecule has 2 rings (SSSR count). The Kier molecular flexibility index (Phi) is 8.50. The molecule has 162 valence electrons. The van der Waals surface area contributed by atoms with Crippen LogP contribution in [0.15, 0.2) is 30.3 Å². The van der Waals surface area contributed by atoms with Gasteiger partial charge < -0.3 is 19.9 Å². The quantitative estimate of drug-likeness (QED) is 0.734. The molecule has 0 aromatic heterocycles. The molecule has 1 aliphatic heterocycles. The minimum absolute atomic E-state index is 0.0379. The Morgan fingerprint density at radius 1 is 1.24 bits per heavy atom. The van der Waals surface area contributed by atoms with Crippen molar-refractivity contribution in [3.8, 4) is 0 Å². The number of rotatable bonds is 7. The van der Waals surface area contributed by atoms with Crippen molar-refractivity contribution in [3.05, 3.63) is 30.3 Å². The highest BCUT2D eigenvalue weighted by atomic mass is 16.6. The van der Waals surface area contributed by atoms with Gasteiger partial charge >= 0.3 is 6.09 Å². The first-order valence-corrected chi connectivity index (χ1v) is 10.7. The first-order chi connectivity index (χ1) is 13.6. The lowest BCUT2D eigenvalue weighted by molar-refractivity contribution is -0.116. The summed E-state index contributed by atoms with van der Waals surface area (Å²) in [4.78, 5) is 29.0. The molecule has 1 saturated heterocycles. The third-order valence-electron chi connectivity index (χ3n) is 5.02. The largest absolute Gasteiger partial charge is 0.444 e. The number of likely N-dealkylation sites (tertiary alicyclic amines) is 1. The van der Waals surface area contributed by atoms with Crippen LogP contribution in [0.25, 0.3) is 0 Å². The number of nitrogens with zero attached hydrogens (tertiary/aromatic N) is 2. The second-order valence-corrected chi connectivity index (χ2v) is 9.20. The maximum absolute atomic E-state index is 12.6. The van der Waals surface area contributed by atoms with Crippen LogP contribution in [0.4, 0.5) is 10.5 Å². The van der Waals surface area contributed by atoms with Gasteiger partial charge in [-0.25, -0.2) is 4.79 Å². The third kappa shape index (κ3) is 8.44. The van der Waals surface area contributed by atoms with Gasteiger partial charge in [0.2, 0.25) is 5.91 Å². The fraction of sp³-hybridized carbons (Fsp3) is 0.652. The van der Waals surface area contributed by atoms with Crippen LogP contribution in [0.1, 0.15) is 53.9 Å². The van der Waals surface area contributed by atoms with Crippen molar-refractivity contribution in [1.82, 2.24) is 9.80 Å². The summed E-state index contributed by atoms with van der Waals surface area (Å²) in [5.74, 6) is 0.437. The Hall–Kier alpha value is -2.08. The van der Waals surface area contributed by atoms with Crippen molar-refractivity contribution in [3.63, 3.8) is 0 Å². The summed E-state index contributed by atoms with van der Waals surface area (Å²) < 4.78 is 5.59. The molecular weight excluding hydrogens is 366 g/mol. The van der Waals surface area contributed by atoms with E-state index in [1.54, 1.807) is 0 Å². The summed E-state index contributed by atoms with van der Waals surface area (Å²) in [6.07, 6.45) is 2.41. The van der Waals surface area contributed by atoms with Crippen LogP contribution in [0.5, 0.6) is 0 Å². The van der Waals surface area contributed by atoms with Gasteiger partial charge in [-0.1, -0.05) is 18.2 Å². The van der Waals surface area contributed by atoms with E-state index < -0.39 is 5.60 Å². The predicted molar refractivity (Wildman–Crippen MR) is 117 cm³/mol. The van der Waals surface area contributed by atoms with Crippen molar-refractivity contribution in [2.45, 2.75) is 65.5 Å². The number of para-hydroxylation sites is 1. The highest BCUT2D eigenvalue weighted by Gasteiger charge is 2.29. The summed E-state index contributed by atoms with van der Waals surface area (Å²) in [5.41, 5.74) is 0.341. The second-order valence-electron chi connectivity index (χ2n) is 9.20. The van der Waals surface area contributed by atoms with Gasteiger partial charge in [0.25, 0.3) is 0 Å². The van der Waals surface area contributed by atoms with Gasteiger partial charge in [0.15, 0.2) is 0 Å². The molecule has 0 spiro atoms. The first kappa shape index (κ1) is 23.2. The van der Waals surface area contributed by atoms with Crippen LogP contribution >= 0.6 is 0 Å². The minimum atomic E-state index is -0.491. The van der Waals surface area contributed by atoms with Gasteiger partial charge in [0.1, 0.15) is 5.60 Å². The first-order valence-electron chi connectivity index (χ1n) is 10.7. The van der Waals surface area contributed by atoms with Crippen LogP contribution in [-0.4, -0.2) is 59.6 Å². The van der Waals surface area contributed by atoms with E-state index in [9.17, 15) is 9.59 Å². The van der Waals surface area contributed by atoms with Crippen molar-refractivity contribution in [1.29, 1.82) is 0 Å². The average Bonchev–Trinajstić information content (AvgIpc) is 2.64. The fourth-order valence-electron chi connectivity index (χ4n) is 3.60. The van der Waals surface area contributed by atoms with Crippen molar-refractivity contribution >= 4 is 17.7 Å². The maximum atomic E-state index is 12.6. The number of hydrogen-bond acceptors (Lipinski definition) is 4. The molecule has 6 nitrogen and oxygen atoms in total. The highest BCUT2D eigenvalue weighted by molar-refractivity contribution is 5.90. The van der Waals surface area contributed by atoms with E-state index in [0.717, 1.165) is 38.2 Å². The smallest absolute Gasteiger partial charge is 0.410 e. The Labute approximate surface area is 175 Å². The monoisotopic (exact) mass is 403 g/mol. The third-order valence-corrected chi connectivity index (χ3v) is 5.02. The molecule has 1 aliphatic rings. The Morgan fingerprint density at radius 3 is 2.55 bits per heavy atom. The summed E-state index contributed by atoms with van der Waals surface area (Å²) in [6.45, 7) is 13.1. The normalized spacial score (nSPS) is 17.8. The summed E-state index contributed by atoms with van der Waals surface area (Å²) in [7, 11) is 0. The van der Waals surface area contributed by atoms with E-state index in [1.807, 2.05) is 69.9 Å². The number of carbonyl (C=O) groups excluding carboxylic acids is 2. The Balaban J connectivity index is 1.82. The number of carbonyl (C=O) groups is 2. The molecule has 6 heteroatoms. The Morgan fingerprint density at radius 2 is 1.93 bits per heavy atom. The molecule has 1 heterocycles. The lowest BCUT2D eigenvalue weighted by Crippen LogP contribution is -2.47. The summed E-state index contributed by atoms with van der Waals surface area (Å²) >= 11 is 0. The lowest BCUT2D eigenvalue weighted by atomic mass is 9.97. The molecule has 1 fully saturated rings. The number of nitrogens with one attached hydrogen (secondary N) is 1. The van der Waals surface area contributed by atoms with E-state index in [0.29, 0.717) is 18.9 Å². The molecule has 2 amide bonds. The highest BCUT2D eigenvalue weighted by Crippen LogP contribution is 2.21. The Bertz CT molecular complexity index is 655. The fourth-order valence-corrected chi connectivity index (χ4v) is 3.60. The van der Waals surface area contributed by atoms with Crippen LogP contribution in [0, 0.1) is 5.92 Å². The molecule has 1 aromatic carbocycles. The molecule has 1 unspecified atom stereocenters. The summed E-state index contributed by atoms with van der Waals surface area (Å²) in [6, 6.07) is 9.64. The zero-order chi connectivity index (χ0) is 21.4. The molecule has 0 saturated carbocycles. The molecule has 29 heavy (non-hydrogen) atoms. The van der Waals surface area contributed by atoms with E-state index in [2.05, 4.69) is 10.2 Å². The van der Waals surface area contributed by atoms with Crippen molar-refractivity contribution < 1.29 is 14.3 Å². The van der Waals surface area contributed by atoms with E-state index in [-0.39, 0.29) is 18.0 Å². The number of anilines is 1. The van der Waals surface area contributed by atoms with Crippen LogP contribution in [0.2, 0.25) is 0 Å².